The van der Waals surface area contributed by atoms with E-state index in [9.17, 15) is 4.79 Å². The van der Waals surface area contributed by atoms with Gasteiger partial charge in [-0.1, -0.05) is 36.4 Å². The second kappa shape index (κ2) is 4.84. The molecule has 2 rings (SSSR count). The molecule has 17 heavy (non-hydrogen) atoms. The second-order valence-electron chi connectivity index (χ2n) is 3.80. The molecule has 4 nitrogen and oxygen atoms in total. The lowest BCUT2D eigenvalue weighted by molar-refractivity contribution is -0.119. The average molecular weight is 230 g/mol. The Morgan fingerprint density at radius 2 is 1.88 bits per heavy atom. The Labute approximate surface area is 99.2 Å². The van der Waals surface area contributed by atoms with Crippen molar-refractivity contribution >= 4 is 16.7 Å². The summed E-state index contributed by atoms with van der Waals surface area (Å²) in [4.78, 5) is 10.8. The number of primary amides is 1. The Morgan fingerprint density at radius 3 is 2.65 bits per heavy atom. The van der Waals surface area contributed by atoms with Crippen molar-refractivity contribution in [3.8, 4) is 5.75 Å². The van der Waals surface area contributed by atoms with Crippen molar-refractivity contribution in [1.82, 2.24) is 0 Å². The first kappa shape index (κ1) is 11.4. The zero-order valence-electron chi connectivity index (χ0n) is 9.30. The van der Waals surface area contributed by atoms with Gasteiger partial charge in [0.1, 0.15) is 18.4 Å². The third kappa shape index (κ3) is 2.54. The highest BCUT2D eigenvalue weighted by Crippen LogP contribution is 2.24. The van der Waals surface area contributed by atoms with E-state index in [1.165, 1.54) is 0 Å². The molecule has 1 unspecified atom stereocenters. The molecule has 88 valence electrons. The fourth-order valence-electron chi connectivity index (χ4n) is 1.58. The molecule has 0 aliphatic carbocycles. The van der Waals surface area contributed by atoms with Gasteiger partial charge >= 0.3 is 0 Å². The van der Waals surface area contributed by atoms with E-state index >= 15 is 0 Å². The van der Waals surface area contributed by atoms with Crippen LogP contribution < -0.4 is 16.2 Å². The number of ether oxygens (including phenoxy) is 1. The van der Waals surface area contributed by atoms with Gasteiger partial charge in [0.15, 0.2) is 0 Å². The van der Waals surface area contributed by atoms with E-state index in [1.807, 2.05) is 42.5 Å². The highest BCUT2D eigenvalue weighted by atomic mass is 16.5. The molecule has 0 radical (unpaired) electrons. The molecule has 1 amide bonds. The van der Waals surface area contributed by atoms with Gasteiger partial charge in [-0.25, -0.2) is 0 Å². The lowest BCUT2D eigenvalue weighted by Gasteiger charge is -2.11. The van der Waals surface area contributed by atoms with Crippen LogP contribution in [-0.4, -0.2) is 18.6 Å². The van der Waals surface area contributed by atoms with Crippen LogP contribution >= 0.6 is 0 Å². The van der Waals surface area contributed by atoms with E-state index in [1.54, 1.807) is 0 Å². The fraction of sp³-hybridized carbons (Fsp3) is 0.154. The molecule has 4 N–H and O–H groups in total. The quantitative estimate of drug-likeness (QED) is 0.823. The summed E-state index contributed by atoms with van der Waals surface area (Å²) in [6.07, 6.45) is 0. The van der Waals surface area contributed by atoms with Gasteiger partial charge < -0.3 is 16.2 Å². The summed E-state index contributed by atoms with van der Waals surface area (Å²) < 4.78 is 5.52. The Kier molecular flexibility index (Phi) is 3.25. The zero-order valence-corrected chi connectivity index (χ0v) is 9.30. The SMILES string of the molecule is NC(=O)C(N)COc1cccc2ccccc12. The molecule has 0 aliphatic heterocycles. The highest BCUT2D eigenvalue weighted by Gasteiger charge is 2.10. The maximum atomic E-state index is 10.8. The van der Waals surface area contributed by atoms with E-state index in [-0.39, 0.29) is 6.61 Å². The molecule has 4 heteroatoms. The first-order valence-corrected chi connectivity index (χ1v) is 5.34. The van der Waals surface area contributed by atoms with Gasteiger partial charge in [-0.05, 0) is 11.5 Å². The van der Waals surface area contributed by atoms with E-state index in [0.717, 1.165) is 10.8 Å². The molecule has 0 spiro atoms. The summed E-state index contributed by atoms with van der Waals surface area (Å²) in [6, 6.07) is 12.8. The first-order chi connectivity index (χ1) is 8.18. The van der Waals surface area contributed by atoms with E-state index in [0.29, 0.717) is 5.75 Å². The minimum atomic E-state index is -0.783. The van der Waals surface area contributed by atoms with Gasteiger partial charge in [-0.2, -0.15) is 0 Å². The van der Waals surface area contributed by atoms with Gasteiger partial charge in [0, 0.05) is 5.39 Å². The van der Waals surface area contributed by atoms with Crippen LogP contribution in [0.5, 0.6) is 5.75 Å². The number of carbonyl (C=O) groups excluding carboxylic acids is 1. The molecule has 2 aromatic rings. The summed E-state index contributed by atoms with van der Waals surface area (Å²) in [6.45, 7) is 0.0866. The molecule has 0 aliphatic rings. The largest absolute Gasteiger partial charge is 0.491 e. The van der Waals surface area contributed by atoms with Gasteiger partial charge in [0.05, 0.1) is 0 Å². The molecular weight excluding hydrogens is 216 g/mol. The van der Waals surface area contributed by atoms with Crippen molar-refractivity contribution in [3.05, 3.63) is 42.5 Å². The lowest BCUT2D eigenvalue weighted by atomic mass is 10.1. The van der Waals surface area contributed by atoms with Crippen molar-refractivity contribution in [2.75, 3.05) is 6.61 Å². The molecule has 0 saturated carbocycles. The summed E-state index contributed by atoms with van der Waals surface area (Å²) in [5, 5.41) is 2.07. The summed E-state index contributed by atoms with van der Waals surface area (Å²) in [5.74, 6) is 0.144. The number of hydrogen-bond donors (Lipinski definition) is 2. The maximum Gasteiger partial charge on any atom is 0.237 e. The van der Waals surface area contributed by atoms with E-state index in [4.69, 9.17) is 16.2 Å². The van der Waals surface area contributed by atoms with Gasteiger partial charge in [0.2, 0.25) is 5.91 Å². The standard InChI is InChI=1S/C13H14N2O2/c14-11(13(15)16)8-17-12-7-3-5-9-4-1-2-6-10(9)12/h1-7,11H,8,14H2,(H2,15,16). The average Bonchev–Trinajstić information content (AvgIpc) is 2.35. The van der Waals surface area contributed by atoms with Gasteiger partial charge in [0.25, 0.3) is 0 Å². The third-order valence-corrected chi connectivity index (χ3v) is 2.53. The minimum Gasteiger partial charge on any atom is -0.491 e. The smallest absolute Gasteiger partial charge is 0.237 e. The van der Waals surface area contributed by atoms with Crippen molar-refractivity contribution in [2.45, 2.75) is 6.04 Å². The predicted octanol–water partition coefficient (Wildman–Crippen LogP) is 1.03. The first-order valence-electron chi connectivity index (χ1n) is 5.34. The topological polar surface area (TPSA) is 78.3 Å². The fourth-order valence-corrected chi connectivity index (χ4v) is 1.58. The number of amides is 1. The lowest BCUT2D eigenvalue weighted by Crippen LogP contribution is -2.41. The number of hydrogen-bond acceptors (Lipinski definition) is 3. The third-order valence-electron chi connectivity index (χ3n) is 2.53. The summed E-state index contributed by atoms with van der Waals surface area (Å²) >= 11 is 0. The Bertz CT molecular complexity index is 534. The number of carbonyl (C=O) groups is 1. The zero-order chi connectivity index (χ0) is 12.3. The van der Waals surface area contributed by atoms with Crippen molar-refractivity contribution in [2.24, 2.45) is 11.5 Å². The molecule has 2 aromatic carbocycles. The molecule has 0 aromatic heterocycles. The van der Waals surface area contributed by atoms with Crippen LogP contribution in [-0.2, 0) is 4.79 Å². The number of nitrogens with two attached hydrogens (primary N) is 2. The molecule has 0 fully saturated rings. The summed E-state index contributed by atoms with van der Waals surface area (Å²) in [5.41, 5.74) is 10.6. The van der Waals surface area contributed by atoms with Crippen LogP contribution in [0.25, 0.3) is 10.8 Å². The maximum absolute atomic E-state index is 10.8. The number of rotatable bonds is 4. The van der Waals surface area contributed by atoms with Crippen LogP contribution in [0.4, 0.5) is 0 Å². The van der Waals surface area contributed by atoms with Crippen LogP contribution in [0.1, 0.15) is 0 Å². The molecule has 0 bridgehead atoms. The molecule has 1 atom stereocenters. The van der Waals surface area contributed by atoms with Crippen LogP contribution in [0, 0.1) is 0 Å². The Morgan fingerprint density at radius 1 is 1.18 bits per heavy atom. The van der Waals surface area contributed by atoms with Gasteiger partial charge in [-0.15, -0.1) is 0 Å². The number of fused-ring (bicyclic) bond motifs is 1. The van der Waals surface area contributed by atoms with Crippen LogP contribution in [0.2, 0.25) is 0 Å². The van der Waals surface area contributed by atoms with Crippen LogP contribution in [0.15, 0.2) is 42.5 Å². The van der Waals surface area contributed by atoms with Crippen LogP contribution in [0.3, 0.4) is 0 Å². The van der Waals surface area contributed by atoms with E-state index in [2.05, 4.69) is 0 Å². The molecular formula is C13H14N2O2. The second-order valence-corrected chi connectivity index (χ2v) is 3.80. The van der Waals surface area contributed by atoms with E-state index < -0.39 is 11.9 Å². The molecule has 0 saturated heterocycles. The highest BCUT2D eigenvalue weighted by molar-refractivity contribution is 5.88. The minimum absolute atomic E-state index is 0.0866. The summed E-state index contributed by atoms with van der Waals surface area (Å²) in [7, 11) is 0. The Hall–Kier alpha value is -2.07. The van der Waals surface area contributed by atoms with Crippen molar-refractivity contribution in [1.29, 1.82) is 0 Å². The molecule has 0 heterocycles. The van der Waals surface area contributed by atoms with Crippen molar-refractivity contribution in [3.63, 3.8) is 0 Å². The van der Waals surface area contributed by atoms with Gasteiger partial charge in [-0.3, -0.25) is 4.79 Å². The predicted molar refractivity (Wildman–Crippen MR) is 66.6 cm³/mol. The number of benzene rings is 2. The van der Waals surface area contributed by atoms with Crippen molar-refractivity contribution < 1.29 is 9.53 Å². The monoisotopic (exact) mass is 230 g/mol. The normalized spacial score (nSPS) is 12.3. The Balaban J connectivity index is 2.21.